The summed E-state index contributed by atoms with van der Waals surface area (Å²) in [6.07, 6.45) is 1.72. The molecule has 10 heteroatoms. The highest BCUT2D eigenvalue weighted by Gasteiger charge is 2.20. The van der Waals surface area contributed by atoms with Gasteiger partial charge in [-0.2, -0.15) is 0 Å². The van der Waals surface area contributed by atoms with Crippen LogP contribution in [-0.2, 0) is 9.59 Å². The lowest BCUT2D eigenvalue weighted by Gasteiger charge is -2.25. The quantitative estimate of drug-likeness (QED) is 0.153. The van der Waals surface area contributed by atoms with Crippen molar-refractivity contribution >= 4 is 46.3 Å². The largest absolute Gasteiger partial charge is 0.490 e. The van der Waals surface area contributed by atoms with Gasteiger partial charge in [0.25, 0.3) is 0 Å². The highest BCUT2D eigenvalue weighted by molar-refractivity contribution is 7.19. The van der Waals surface area contributed by atoms with Crippen molar-refractivity contribution in [3.05, 3.63) is 70.1 Å². The van der Waals surface area contributed by atoms with Gasteiger partial charge in [-0.15, -0.1) is 11.3 Å². The van der Waals surface area contributed by atoms with E-state index in [9.17, 15) is 9.59 Å². The molecule has 6 N–H and O–H groups in total. The van der Waals surface area contributed by atoms with Crippen molar-refractivity contribution in [3.8, 4) is 16.2 Å². The van der Waals surface area contributed by atoms with Crippen molar-refractivity contribution in [2.24, 2.45) is 5.73 Å². The Hall–Kier alpha value is -3.40. The van der Waals surface area contributed by atoms with Gasteiger partial charge in [0.05, 0.1) is 10.4 Å². The van der Waals surface area contributed by atoms with Crippen molar-refractivity contribution in [1.82, 2.24) is 10.6 Å². The summed E-state index contributed by atoms with van der Waals surface area (Å²) in [4.78, 5) is 26.0. The minimum absolute atomic E-state index is 0.0533. The van der Waals surface area contributed by atoms with Crippen LogP contribution in [0.2, 0.25) is 4.34 Å². The van der Waals surface area contributed by atoms with Gasteiger partial charge in [-0.1, -0.05) is 17.7 Å². The van der Waals surface area contributed by atoms with Crippen molar-refractivity contribution in [2.45, 2.75) is 38.3 Å². The minimum atomic E-state index is -0.431. The third kappa shape index (κ3) is 7.31. The molecule has 0 bridgehead atoms. The summed E-state index contributed by atoms with van der Waals surface area (Å²) in [5.41, 5.74) is 8.36. The number of thiophene rings is 1. The van der Waals surface area contributed by atoms with Crippen molar-refractivity contribution in [2.75, 3.05) is 18.4 Å². The molecule has 2 heterocycles. The number of ether oxygens (including phenoxy) is 1. The number of carbonyl (C=O) groups is 2. The monoisotopic (exact) mass is 539 g/mol. The normalized spacial score (nSPS) is 14.5. The number of benzene rings is 2. The SMILES string of the molecule is CC(NC(=O)CC(=O)Nc1ccc(C(=N)N)cc1)c1ccc(OC2CCNCC2)c(-c2ccc(Cl)s2)c1. The van der Waals surface area contributed by atoms with Crippen LogP contribution in [0.5, 0.6) is 5.75 Å². The van der Waals surface area contributed by atoms with E-state index in [2.05, 4.69) is 16.0 Å². The maximum Gasteiger partial charge on any atom is 0.233 e. The van der Waals surface area contributed by atoms with Gasteiger partial charge in [0.2, 0.25) is 11.8 Å². The first-order chi connectivity index (χ1) is 17.8. The second kappa shape index (κ2) is 12.2. The minimum Gasteiger partial charge on any atom is -0.490 e. The fourth-order valence-electron chi connectivity index (χ4n) is 4.12. The molecular formula is C27H30ClN5O3S. The first-order valence-electron chi connectivity index (χ1n) is 12.1. The Bertz CT molecular complexity index is 1270. The molecule has 194 valence electrons. The van der Waals surface area contributed by atoms with Gasteiger partial charge >= 0.3 is 0 Å². The van der Waals surface area contributed by atoms with Gasteiger partial charge < -0.3 is 26.4 Å². The van der Waals surface area contributed by atoms with Crippen LogP contribution in [0.1, 0.15) is 43.4 Å². The second-order valence-corrected chi connectivity index (χ2v) is 10.6. The van der Waals surface area contributed by atoms with E-state index < -0.39 is 5.91 Å². The van der Waals surface area contributed by atoms with Gasteiger partial charge in [0, 0.05) is 21.7 Å². The summed E-state index contributed by atoms with van der Waals surface area (Å²) >= 11 is 7.69. The van der Waals surface area contributed by atoms with Gasteiger partial charge in [0.15, 0.2) is 0 Å². The van der Waals surface area contributed by atoms with Crippen molar-refractivity contribution in [1.29, 1.82) is 5.41 Å². The summed E-state index contributed by atoms with van der Waals surface area (Å²) in [6, 6.07) is 16.0. The Balaban J connectivity index is 1.41. The zero-order valence-electron chi connectivity index (χ0n) is 20.5. The van der Waals surface area contributed by atoms with Crippen molar-refractivity contribution in [3.63, 3.8) is 0 Å². The lowest BCUT2D eigenvalue weighted by molar-refractivity contribution is -0.127. The fourth-order valence-corrected chi connectivity index (χ4v) is 5.19. The number of amides is 2. The number of hydrogen-bond donors (Lipinski definition) is 5. The highest BCUT2D eigenvalue weighted by atomic mass is 35.5. The van der Waals surface area contributed by atoms with Crippen LogP contribution in [0.3, 0.4) is 0 Å². The molecule has 1 aliphatic heterocycles. The predicted octanol–water partition coefficient (Wildman–Crippen LogP) is 4.69. The molecule has 1 fully saturated rings. The molecule has 0 aliphatic carbocycles. The first kappa shape index (κ1) is 26.7. The number of nitrogens with one attached hydrogen (secondary N) is 4. The molecule has 0 spiro atoms. The highest BCUT2D eigenvalue weighted by Crippen LogP contribution is 2.39. The number of amidine groups is 1. The lowest BCUT2D eigenvalue weighted by atomic mass is 10.0. The van der Waals surface area contributed by atoms with E-state index in [0.29, 0.717) is 15.6 Å². The molecule has 2 amide bonds. The number of carbonyl (C=O) groups excluding carboxylic acids is 2. The standard InChI is InChI=1S/C27H30ClN5O3S/c1-16(32-25(34)15-26(35)33-19-5-2-17(3-6-19)27(29)30)18-4-7-22(36-20-10-12-31-13-11-20)21(14-18)23-8-9-24(28)37-23/h2-9,14,16,20,31H,10-13,15H2,1H3,(H3,29,30)(H,32,34)(H,33,35). The summed E-state index contributed by atoms with van der Waals surface area (Å²) in [6.45, 7) is 3.75. The molecule has 1 aromatic heterocycles. The van der Waals surface area contributed by atoms with Crippen LogP contribution in [0.15, 0.2) is 54.6 Å². The first-order valence-corrected chi connectivity index (χ1v) is 13.3. The van der Waals surface area contributed by atoms with E-state index in [1.165, 1.54) is 11.3 Å². The summed E-state index contributed by atoms with van der Waals surface area (Å²) in [7, 11) is 0. The van der Waals surface area contributed by atoms with Crippen LogP contribution in [0, 0.1) is 5.41 Å². The number of piperidine rings is 1. The molecule has 4 rings (SSSR count). The maximum atomic E-state index is 12.6. The Morgan fingerprint density at radius 2 is 1.86 bits per heavy atom. The molecule has 0 radical (unpaired) electrons. The summed E-state index contributed by atoms with van der Waals surface area (Å²) in [5.74, 6) is -0.0775. The molecule has 37 heavy (non-hydrogen) atoms. The molecule has 1 aliphatic rings. The number of nitrogen functional groups attached to an aromatic ring is 1. The van der Waals surface area contributed by atoms with Crippen LogP contribution in [0.25, 0.3) is 10.4 Å². The van der Waals surface area contributed by atoms with Crippen LogP contribution >= 0.6 is 22.9 Å². The average Bonchev–Trinajstić information content (AvgIpc) is 3.31. The smallest absolute Gasteiger partial charge is 0.233 e. The lowest BCUT2D eigenvalue weighted by Crippen LogP contribution is -2.34. The average molecular weight is 540 g/mol. The van der Waals surface area contributed by atoms with Crippen LogP contribution in [0.4, 0.5) is 5.69 Å². The predicted molar refractivity (Wildman–Crippen MR) is 149 cm³/mol. The fraction of sp³-hybridized carbons (Fsp3) is 0.296. The van der Waals surface area contributed by atoms with Crippen LogP contribution in [-0.4, -0.2) is 36.8 Å². The molecular weight excluding hydrogens is 510 g/mol. The molecule has 2 aromatic carbocycles. The maximum absolute atomic E-state index is 12.6. The molecule has 1 unspecified atom stereocenters. The molecule has 8 nitrogen and oxygen atoms in total. The van der Waals surface area contributed by atoms with E-state index >= 15 is 0 Å². The Labute approximate surface area is 225 Å². The third-order valence-corrected chi connectivity index (χ3v) is 7.36. The Morgan fingerprint density at radius 3 is 2.51 bits per heavy atom. The Morgan fingerprint density at radius 1 is 1.14 bits per heavy atom. The van der Waals surface area contributed by atoms with Gasteiger partial charge in [-0.25, -0.2) is 0 Å². The molecule has 1 atom stereocenters. The zero-order valence-corrected chi connectivity index (χ0v) is 22.0. The van der Waals surface area contributed by atoms with E-state index in [1.807, 2.05) is 37.3 Å². The van der Waals surface area contributed by atoms with Crippen LogP contribution < -0.4 is 26.4 Å². The van der Waals surface area contributed by atoms with Gasteiger partial charge in [-0.05, 0) is 86.9 Å². The molecule has 3 aromatic rings. The van der Waals surface area contributed by atoms with E-state index in [4.69, 9.17) is 27.5 Å². The van der Waals surface area contributed by atoms with E-state index in [-0.39, 0.29) is 30.3 Å². The number of hydrogen-bond acceptors (Lipinski definition) is 6. The third-order valence-electron chi connectivity index (χ3n) is 6.10. The number of anilines is 1. The van der Waals surface area contributed by atoms with E-state index in [1.54, 1.807) is 24.3 Å². The zero-order chi connectivity index (χ0) is 26.4. The summed E-state index contributed by atoms with van der Waals surface area (Å²) < 4.78 is 7.05. The molecule has 0 saturated carbocycles. The summed E-state index contributed by atoms with van der Waals surface area (Å²) in [5, 5.41) is 16.4. The van der Waals surface area contributed by atoms with E-state index in [0.717, 1.165) is 47.7 Å². The number of halogens is 1. The van der Waals surface area contributed by atoms with Gasteiger partial charge in [0.1, 0.15) is 24.1 Å². The number of nitrogens with two attached hydrogens (primary N) is 1. The van der Waals surface area contributed by atoms with Crippen molar-refractivity contribution < 1.29 is 14.3 Å². The topological polar surface area (TPSA) is 129 Å². The molecule has 1 saturated heterocycles. The Kier molecular flexibility index (Phi) is 8.81. The second-order valence-electron chi connectivity index (χ2n) is 8.93. The number of rotatable bonds is 9. The van der Waals surface area contributed by atoms with Gasteiger partial charge in [-0.3, -0.25) is 15.0 Å².